The van der Waals surface area contributed by atoms with Gasteiger partial charge in [0, 0.05) is 25.1 Å². The smallest absolute Gasteiger partial charge is 0.237 e. The van der Waals surface area contributed by atoms with E-state index in [-0.39, 0.29) is 23.5 Å². The number of benzene rings is 1. The first-order valence-electron chi connectivity index (χ1n) is 6.60. The number of aromatic amines is 1. The monoisotopic (exact) mass is 308 g/mol. The van der Waals surface area contributed by atoms with E-state index in [2.05, 4.69) is 20.8 Å². The van der Waals surface area contributed by atoms with Crippen LogP contribution in [0.2, 0.25) is 5.02 Å². The number of amides is 1. The minimum absolute atomic E-state index is 0.0561. The molecular formula is C14H14ClFN4O. The molecule has 0 bridgehead atoms. The lowest BCUT2D eigenvalue weighted by Gasteiger charge is -2.22. The SMILES string of the molecule is O=C(NCc1cccc(Cl)c1F)C1Cc2cn[nH]c2CN1. The number of fused-ring (bicyclic) bond motifs is 1. The van der Waals surface area contributed by atoms with E-state index < -0.39 is 5.82 Å². The largest absolute Gasteiger partial charge is 0.351 e. The van der Waals surface area contributed by atoms with Crippen LogP contribution in [-0.2, 0) is 24.3 Å². The lowest BCUT2D eigenvalue weighted by atomic mass is 10.0. The molecule has 21 heavy (non-hydrogen) atoms. The van der Waals surface area contributed by atoms with Gasteiger partial charge in [-0.3, -0.25) is 15.2 Å². The second-order valence-corrected chi connectivity index (χ2v) is 5.35. The van der Waals surface area contributed by atoms with Crippen LogP contribution >= 0.6 is 11.6 Å². The fourth-order valence-corrected chi connectivity index (χ4v) is 2.55. The molecule has 1 unspecified atom stereocenters. The first kappa shape index (κ1) is 14.0. The molecule has 0 fully saturated rings. The molecule has 0 aliphatic carbocycles. The number of rotatable bonds is 3. The van der Waals surface area contributed by atoms with Gasteiger partial charge in [0.1, 0.15) is 5.82 Å². The Balaban J connectivity index is 1.61. The highest BCUT2D eigenvalue weighted by Gasteiger charge is 2.25. The van der Waals surface area contributed by atoms with E-state index in [1.54, 1.807) is 18.3 Å². The number of halogens is 2. The molecule has 1 aromatic carbocycles. The highest BCUT2D eigenvalue weighted by molar-refractivity contribution is 6.30. The summed E-state index contributed by atoms with van der Waals surface area (Å²) >= 11 is 5.71. The molecule has 1 aliphatic rings. The molecule has 3 rings (SSSR count). The van der Waals surface area contributed by atoms with Crippen LogP contribution in [0.3, 0.4) is 0 Å². The predicted molar refractivity (Wildman–Crippen MR) is 76.2 cm³/mol. The second kappa shape index (κ2) is 5.83. The molecule has 0 spiro atoms. The maximum Gasteiger partial charge on any atom is 0.237 e. The van der Waals surface area contributed by atoms with Gasteiger partial charge in [0.2, 0.25) is 5.91 Å². The Bertz CT molecular complexity index is 673. The fourth-order valence-electron chi connectivity index (χ4n) is 2.36. The van der Waals surface area contributed by atoms with Gasteiger partial charge in [-0.15, -0.1) is 0 Å². The molecule has 7 heteroatoms. The average Bonchev–Trinajstić information content (AvgIpc) is 2.96. The van der Waals surface area contributed by atoms with Crippen molar-refractivity contribution in [1.82, 2.24) is 20.8 Å². The number of H-pyrrole nitrogens is 1. The van der Waals surface area contributed by atoms with Crippen molar-refractivity contribution >= 4 is 17.5 Å². The van der Waals surface area contributed by atoms with Gasteiger partial charge in [-0.05, 0) is 11.6 Å². The van der Waals surface area contributed by atoms with Crippen LogP contribution in [-0.4, -0.2) is 22.1 Å². The van der Waals surface area contributed by atoms with Crippen molar-refractivity contribution in [1.29, 1.82) is 0 Å². The van der Waals surface area contributed by atoms with Gasteiger partial charge < -0.3 is 5.32 Å². The fraction of sp³-hybridized carbons (Fsp3) is 0.286. The molecule has 1 atom stereocenters. The van der Waals surface area contributed by atoms with Gasteiger partial charge in [-0.25, -0.2) is 4.39 Å². The van der Waals surface area contributed by atoms with Crippen molar-refractivity contribution in [2.75, 3.05) is 0 Å². The van der Waals surface area contributed by atoms with Gasteiger partial charge in [0.15, 0.2) is 0 Å². The van der Waals surface area contributed by atoms with Gasteiger partial charge in [0.05, 0.1) is 23.0 Å². The predicted octanol–water partition coefficient (Wildman–Crippen LogP) is 1.53. The van der Waals surface area contributed by atoms with Crippen LogP contribution in [0.25, 0.3) is 0 Å². The van der Waals surface area contributed by atoms with E-state index in [1.165, 1.54) is 6.07 Å². The third kappa shape index (κ3) is 2.91. The zero-order valence-electron chi connectivity index (χ0n) is 11.1. The lowest BCUT2D eigenvalue weighted by molar-refractivity contribution is -0.123. The maximum absolute atomic E-state index is 13.7. The van der Waals surface area contributed by atoms with Crippen LogP contribution in [0, 0.1) is 5.82 Å². The summed E-state index contributed by atoms with van der Waals surface area (Å²) < 4.78 is 13.7. The minimum atomic E-state index is -0.492. The van der Waals surface area contributed by atoms with E-state index in [0.29, 0.717) is 18.5 Å². The van der Waals surface area contributed by atoms with E-state index in [4.69, 9.17) is 11.6 Å². The molecule has 0 saturated heterocycles. The molecule has 2 aromatic rings. The molecule has 0 radical (unpaired) electrons. The zero-order chi connectivity index (χ0) is 14.8. The summed E-state index contributed by atoms with van der Waals surface area (Å²) in [5, 5.41) is 12.7. The summed E-state index contributed by atoms with van der Waals surface area (Å²) in [6, 6.07) is 4.40. The molecule has 5 nitrogen and oxygen atoms in total. The first-order valence-corrected chi connectivity index (χ1v) is 6.98. The molecule has 1 aromatic heterocycles. The molecule has 110 valence electrons. The lowest BCUT2D eigenvalue weighted by Crippen LogP contribution is -2.47. The Labute approximate surface area is 125 Å². The van der Waals surface area contributed by atoms with Crippen molar-refractivity contribution in [2.45, 2.75) is 25.6 Å². The standard InChI is InChI=1S/C14H14ClFN4O/c15-10-3-1-2-8(13(10)16)5-18-14(21)11-4-9-6-19-20-12(9)7-17-11/h1-3,6,11,17H,4-5,7H2,(H,18,21)(H,19,20). The summed E-state index contributed by atoms with van der Waals surface area (Å²) in [4.78, 5) is 12.1. The Hall–Kier alpha value is -1.92. The number of hydrogen-bond acceptors (Lipinski definition) is 3. The van der Waals surface area contributed by atoms with Crippen molar-refractivity contribution in [2.24, 2.45) is 0 Å². The van der Waals surface area contributed by atoms with E-state index >= 15 is 0 Å². The number of aromatic nitrogens is 2. The number of carbonyl (C=O) groups is 1. The third-order valence-electron chi connectivity index (χ3n) is 3.56. The van der Waals surface area contributed by atoms with Crippen LogP contribution in [0.15, 0.2) is 24.4 Å². The van der Waals surface area contributed by atoms with Crippen LogP contribution < -0.4 is 10.6 Å². The van der Waals surface area contributed by atoms with Crippen LogP contribution in [0.4, 0.5) is 4.39 Å². The van der Waals surface area contributed by atoms with Crippen molar-refractivity contribution < 1.29 is 9.18 Å². The quantitative estimate of drug-likeness (QED) is 0.805. The summed E-state index contributed by atoms with van der Waals surface area (Å²) in [6.07, 6.45) is 2.29. The van der Waals surface area contributed by atoms with E-state index in [0.717, 1.165) is 11.3 Å². The Morgan fingerprint density at radius 3 is 3.24 bits per heavy atom. The number of hydrogen-bond donors (Lipinski definition) is 3. The third-order valence-corrected chi connectivity index (χ3v) is 3.85. The molecular weight excluding hydrogens is 295 g/mol. The van der Waals surface area contributed by atoms with Gasteiger partial charge in [-0.2, -0.15) is 5.10 Å². The summed E-state index contributed by atoms with van der Waals surface area (Å²) in [6.45, 7) is 0.681. The number of carbonyl (C=O) groups excluding carboxylic acids is 1. The average molecular weight is 309 g/mol. The summed E-state index contributed by atoms with van der Waals surface area (Å²) in [5.41, 5.74) is 2.40. The van der Waals surface area contributed by atoms with Gasteiger partial charge in [-0.1, -0.05) is 23.7 Å². The number of nitrogens with zero attached hydrogens (tertiary/aromatic N) is 1. The molecule has 1 amide bonds. The van der Waals surface area contributed by atoms with Crippen molar-refractivity contribution in [3.8, 4) is 0 Å². The topological polar surface area (TPSA) is 69.8 Å². The van der Waals surface area contributed by atoms with E-state index in [9.17, 15) is 9.18 Å². The normalized spacial score (nSPS) is 17.3. The molecule has 2 heterocycles. The zero-order valence-corrected chi connectivity index (χ0v) is 11.9. The Morgan fingerprint density at radius 2 is 2.38 bits per heavy atom. The van der Waals surface area contributed by atoms with Crippen LogP contribution in [0.5, 0.6) is 0 Å². The van der Waals surface area contributed by atoms with Crippen molar-refractivity contribution in [3.05, 3.63) is 52.1 Å². The maximum atomic E-state index is 13.7. The second-order valence-electron chi connectivity index (χ2n) is 4.94. The van der Waals surface area contributed by atoms with Gasteiger partial charge in [0.25, 0.3) is 0 Å². The molecule has 0 saturated carbocycles. The van der Waals surface area contributed by atoms with Crippen LogP contribution in [0.1, 0.15) is 16.8 Å². The van der Waals surface area contributed by atoms with E-state index in [1.807, 2.05) is 0 Å². The molecule has 3 N–H and O–H groups in total. The molecule has 1 aliphatic heterocycles. The Morgan fingerprint density at radius 1 is 1.52 bits per heavy atom. The van der Waals surface area contributed by atoms with Gasteiger partial charge >= 0.3 is 0 Å². The Kier molecular flexibility index (Phi) is 3.90. The first-order chi connectivity index (χ1) is 10.1. The summed E-state index contributed by atoms with van der Waals surface area (Å²) in [7, 11) is 0. The highest BCUT2D eigenvalue weighted by atomic mass is 35.5. The minimum Gasteiger partial charge on any atom is -0.351 e. The summed E-state index contributed by atoms with van der Waals surface area (Å²) in [5.74, 6) is -0.658. The number of nitrogens with one attached hydrogen (secondary N) is 3. The highest BCUT2D eigenvalue weighted by Crippen LogP contribution is 2.18. The van der Waals surface area contributed by atoms with Crippen molar-refractivity contribution in [3.63, 3.8) is 0 Å².